The fourth-order valence-corrected chi connectivity index (χ4v) is 8.79. The Hall–Kier alpha value is -0.340. The monoisotopic (exact) mass is 402 g/mol. The molecule has 2 heteroatoms. The van der Waals surface area contributed by atoms with Crippen LogP contribution >= 0.6 is 0 Å². The molecule has 3 saturated carbocycles. The molecule has 9 atom stereocenters. The van der Waals surface area contributed by atoms with Crippen LogP contribution in [0.2, 0.25) is 0 Å². The van der Waals surface area contributed by atoms with Crippen LogP contribution in [0.4, 0.5) is 0 Å². The van der Waals surface area contributed by atoms with E-state index in [0.717, 1.165) is 42.9 Å². The van der Waals surface area contributed by atoms with Gasteiger partial charge in [-0.05, 0) is 91.4 Å². The van der Waals surface area contributed by atoms with Crippen LogP contribution in [-0.2, 0) is 0 Å². The standard InChI is InChI=1S/C27H46O2/c1-17(2)7-6-8-18(3)20-11-12-21-19-9-10-23-24(28)13-14-25(29)27(23,5)22(19)15-16-26(20,21)4/h10,17-22,24-25,28-29H,6-9,11-16H2,1-5H3/t18-,19+,20-,21+,22+,24+,25-,26-,27-/m1/s1. The van der Waals surface area contributed by atoms with E-state index in [2.05, 4.69) is 40.7 Å². The van der Waals surface area contributed by atoms with Gasteiger partial charge in [-0.15, -0.1) is 0 Å². The van der Waals surface area contributed by atoms with Gasteiger partial charge in [-0.2, -0.15) is 0 Å². The van der Waals surface area contributed by atoms with Crippen LogP contribution in [0.3, 0.4) is 0 Å². The first kappa shape index (κ1) is 21.9. The molecule has 4 rings (SSSR count). The molecule has 0 aromatic carbocycles. The molecule has 4 aliphatic carbocycles. The van der Waals surface area contributed by atoms with Crippen LogP contribution in [0.15, 0.2) is 11.6 Å². The zero-order chi connectivity index (χ0) is 21.0. The first-order chi connectivity index (χ1) is 13.7. The Labute approximate surface area is 179 Å². The molecule has 0 saturated heterocycles. The van der Waals surface area contributed by atoms with Crippen molar-refractivity contribution in [2.45, 2.75) is 111 Å². The van der Waals surface area contributed by atoms with Gasteiger partial charge in [-0.3, -0.25) is 0 Å². The maximum Gasteiger partial charge on any atom is 0.0757 e. The molecule has 2 N–H and O–H groups in total. The van der Waals surface area contributed by atoms with Gasteiger partial charge >= 0.3 is 0 Å². The number of rotatable bonds is 5. The van der Waals surface area contributed by atoms with E-state index in [-0.39, 0.29) is 17.6 Å². The van der Waals surface area contributed by atoms with Gasteiger partial charge in [-0.1, -0.05) is 60.0 Å². The summed E-state index contributed by atoms with van der Waals surface area (Å²) < 4.78 is 0. The predicted octanol–water partition coefficient (Wildman–Crippen LogP) is 6.36. The summed E-state index contributed by atoms with van der Waals surface area (Å²) in [6.07, 6.45) is 13.9. The van der Waals surface area contributed by atoms with Gasteiger partial charge in [0.25, 0.3) is 0 Å². The van der Waals surface area contributed by atoms with Crippen LogP contribution in [0, 0.1) is 46.3 Å². The summed E-state index contributed by atoms with van der Waals surface area (Å²) in [5.41, 5.74) is 1.47. The average molecular weight is 403 g/mol. The second-order valence-corrected chi connectivity index (χ2v) is 12.2. The first-order valence-electron chi connectivity index (χ1n) is 12.8. The number of aliphatic hydroxyl groups excluding tert-OH is 2. The summed E-state index contributed by atoms with van der Waals surface area (Å²) in [6, 6.07) is 0. The molecule has 0 unspecified atom stereocenters. The Morgan fingerprint density at radius 3 is 2.45 bits per heavy atom. The third kappa shape index (κ3) is 3.45. The maximum atomic E-state index is 11.1. The molecule has 0 aromatic rings. The fourth-order valence-electron chi connectivity index (χ4n) is 8.79. The molecule has 0 aromatic heterocycles. The predicted molar refractivity (Wildman–Crippen MR) is 120 cm³/mol. The third-order valence-electron chi connectivity index (χ3n) is 10.4. The Morgan fingerprint density at radius 2 is 1.72 bits per heavy atom. The van der Waals surface area contributed by atoms with Crippen molar-refractivity contribution in [3.8, 4) is 0 Å². The average Bonchev–Trinajstić information content (AvgIpc) is 3.02. The van der Waals surface area contributed by atoms with Gasteiger partial charge in [-0.25, -0.2) is 0 Å². The van der Waals surface area contributed by atoms with Gasteiger partial charge in [0.15, 0.2) is 0 Å². The highest BCUT2D eigenvalue weighted by Gasteiger charge is 2.61. The van der Waals surface area contributed by atoms with Crippen molar-refractivity contribution >= 4 is 0 Å². The number of allylic oxidation sites excluding steroid dienone is 1. The van der Waals surface area contributed by atoms with E-state index < -0.39 is 0 Å². The quantitative estimate of drug-likeness (QED) is 0.525. The number of hydrogen-bond acceptors (Lipinski definition) is 2. The highest BCUT2D eigenvalue weighted by molar-refractivity contribution is 5.29. The van der Waals surface area contributed by atoms with Crippen LogP contribution in [-0.4, -0.2) is 22.4 Å². The van der Waals surface area contributed by atoms with Crippen molar-refractivity contribution in [3.63, 3.8) is 0 Å². The lowest BCUT2D eigenvalue weighted by molar-refractivity contribution is -0.106. The van der Waals surface area contributed by atoms with Crippen molar-refractivity contribution in [2.24, 2.45) is 46.3 Å². The Balaban J connectivity index is 1.53. The molecule has 0 radical (unpaired) electrons. The van der Waals surface area contributed by atoms with Gasteiger partial charge in [0.05, 0.1) is 12.2 Å². The van der Waals surface area contributed by atoms with E-state index in [4.69, 9.17) is 0 Å². The Morgan fingerprint density at radius 1 is 0.966 bits per heavy atom. The van der Waals surface area contributed by atoms with Crippen molar-refractivity contribution < 1.29 is 10.2 Å². The highest BCUT2D eigenvalue weighted by Crippen LogP contribution is 2.67. The van der Waals surface area contributed by atoms with Crippen molar-refractivity contribution in [3.05, 3.63) is 11.6 Å². The molecule has 0 heterocycles. The summed E-state index contributed by atoms with van der Waals surface area (Å²) >= 11 is 0. The van der Waals surface area contributed by atoms with Crippen molar-refractivity contribution in [1.82, 2.24) is 0 Å². The molecule has 3 fully saturated rings. The van der Waals surface area contributed by atoms with Gasteiger partial charge < -0.3 is 10.2 Å². The molecular weight excluding hydrogens is 356 g/mol. The highest BCUT2D eigenvalue weighted by atomic mass is 16.3. The maximum absolute atomic E-state index is 11.1. The minimum Gasteiger partial charge on any atom is -0.392 e. The fraction of sp³-hybridized carbons (Fsp3) is 0.926. The molecule has 166 valence electrons. The van der Waals surface area contributed by atoms with Crippen LogP contribution in [0.5, 0.6) is 0 Å². The lowest BCUT2D eigenvalue weighted by Crippen LogP contribution is -2.56. The summed E-state index contributed by atoms with van der Waals surface area (Å²) in [7, 11) is 0. The lowest BCUT2D eigenvalue weighted by atomic mass is 9.46. The van der Waals surface area contributed by atoms with Crippen molar-refractivity contribution in [2.75, 3.05) is 0 Å². The largest absolute Gasteiger partial charge is 0.392 e. The molecule has 0 bridgehead atoms. The van der Waals surface area contributed by atoms with E-state index in [1.165, 1.54) is 50.5 Å². The molecule has 4 aliphatic rings. The normalized spacial score (nSPS) is 47.9. The third-order valence-corrected chi connectivity index (χ3v) is 10.4. The smallest absolute Gasteiger partial charge is 0.0757 e. The lowest BCUT2D eigenvalue weighted by Gasteiger charge is -2.59. The topological polar surface area (TPSA) is 40.5 Å². The Kier molecular flexibility index (Phi) is 6.01. The Bertz CT molecular complexity index is 624. The summed E-state index contributed by atoms with van der Waals surface area (Å²) in [4.78, 5) is 0. The van der Waals surface area contributed by atoms with E-state index >= 15 is 0 Å². The zero-order valence-corrected chi connectivity index (χ0v) is 19.7. The number of aliphatic hydroxyl groups is 2. The van der Waals surface area contributed by atoms with E-state index in [1.807, 2.05) is 0 Å². The molecular formula is C27H46O2. The van der Waals surface area contributed by atoms with Crippen LogP contribution < -0.4 is 0 Å². The summed E-state index contributed by atoms with van der Waals surface area (Å²) in [5, 5.41) is 21.7. The number of hydrogen-bond donors (Lipinski definition) is 2. The SMILES string of the molecule is CC(C)CCC[C@@H](C)[C@H]1CC[C@H]2[C@@H]3CC=C4[C@@H](O)CC[C@@H](O)[C@]4(C)[C@H]3CC[C@]12C. The molecule has 0 aliphatic heterocycles. The summed E-state index contributed by atoms with van der Waals surface area (Å²) in [5.74, 6) is 4.61. The van der Waals surface area contributed by atoms with Gasteiger partial charge in [0.1, 0.15) is 0 Å². The molecule has 29 heavy (non-hydrogen) atoms. The van der Waals surface area contributed by atoms with E-state index in [1.54, 1.807) is 0 Å². The molecule has 2 nitrogen and oxygen atoms in total. The van der Waals surface area contributed by atoms with E-state index in [9.17, 15) is 10.2 Å². The van der Waals surface area contributed by atoms with E-state index in [0.29, 0.717) is 17.3 Å². The minimum absolute atomic E-state index is 0.192. The second-order valence-electron chi connectivity index (χ2n) is 12.2. The second kappa shape index (κ2) is 7.97. The zero-order valence-electron chi connectivity index (χ0n) is 19.7. The van der Waals surface area contributed by atoms with Crippen LogP contribution in [0.25, 0.3) is 0 Å². The van der Waals surface area contributed by atoms with Gasteiger partial charge in [0.2, 0.25) is 0 Å². The van der Waals surface area contributed by atoms with Crippen LogP contribution in [0.1, 0.15) is 98.8 Å². The van der Waals surface area contributed by atoms with Crippen molar-refractivity contribution in [1.29, 1.82) is 0 Å². The molecule has 0 amide bonds. The molecule has 0 spiro atoms. The first-order valence-corrected chi connectivity index (χ1v) is 12.8. The van der Waals surface area contributed by atoms with Gasteiger partial charge in [0, 0.05) is 5.41 Å². The number of fused-ring (bicyclic) bond motifs is 5. The minimum atomic E-state index is -0.324. The summed E-state index contributed by atoms with van der Waals surface area (Å²) in [6.45, 7) is 12.1.